The second-order valence-electron chi connectivity index (χ2n) is 3.62. The van der Waals surface area contributed by atoms with E-state index in [4.69, 9.17) is 0 Å². The summed E-state index contributed by atoms with van der Waals surface area (Å²) in [6.07, 6.45) is 0. The predicted octanol–water partition coefficient (Wildman–Crippen LogP) is 3.55. The average Bonchev–Trinajstić information content (AvgIpc) is 2.84. The minimum atomic E-state index is -0.437. The Morgan fingerprint density at radius 1 is 1.32 bits per heavy atom. The fourth-order valence-corrected chi connectivity index (χ4v) is 2.93. The highest BCUT2D eigenvalue weighted by atomic mass is 79.9. The minimum absolute atomic E-state index is 0.219. The molecule has 0 bridgehead atoms. The van der Waals surface area contributed by atoms with Crippen LogP contribution in [0.15, 0.2) is 40.2 Å². The standard InChI is InChI=1S/C13H10BrNO3S/c1-18-13(17)8-3-2-4-9(7-8)15-12(16)11-10(14)5-6-19-11/h2-7H,1H3,(H,15,16). The summed E-state index contributed by atoms with van der Waals surface area (Å²) in [4.78, 5) is 24.0. The first-order valence-electron chi connectivity index (χ1n) is 5.34. The summed E-state index contributed by atoms with van der Waals surface area (Å²) in [6.45, 7) is 0. The van der Waals surface area contributed by atoms with Gasteiger partial charge in [-0.1, -0.05) is 6.07 Å². The number of thiophene rings is 1. The van der Waals surface area contributed by atoms with Crippen LogP contribution in [0.1, 0.15) is 20.0 Å². The van der Waals surface area contributed by atoms with Crippen molar-refractivity contribution in [1.29, 1.82) is 0 Å². The van der Waals surface area contributed by atoms with E-state index in [1.54, 1.807) is 24.3 Å². The lowest BCUT2D eigenvalue weighted by atomic mass is 10.2. The lowest BCUT2D eigenvalue weighted by Gasteiger charge is -2.06. The first-order valence-corrected chi connectivity index (χ1v) is 7.02. The van der Waals surface area contributed by atoms with Gasteiger partial charge in [0.25, 0.3) is 5.91 Å². The molecule has 0 aliphatic carbocycles. The Labute approximate surface area is 122 Å². The van der Waals surface area contributed by atoms with Gasteiger partial charge in [-0.2, -0.15) is 0 Å². The normalized spacial score (nSPS) is 10.0. The molecule has 0 aliphatic rings. The van der Waals surface area contributed by atoms with Crippen LogP contribution < -0.4 is 5.32 Å². The number of rotatable bonds is 3. The van der Waals surface area contributed by atoms with Gasteiger partial charge >= 0.3 is 5.97 Å². The zero-order valence-electron chi connectivity index (χ0n) is 9.98. The van der Waals surface area contributed by atoms with Gasteiger partial charge in [0.15, 0.2) is 0 Å². The lowest BCUT2D eigenvalue weighted by molar-refractivity contribution is 0.0600. The Bertz CT molecular complexity index is 624. The van der Waals surface area contributed by atoms with Crippen molar-refractivity contribution < 1.29 is 14.3 Å². The number of ether oxygens (including phenoxy) is 1. The third kappa shape index (κ3) is 3.21. The number of halogens is 1. The fraction of sp³-hybridized carbons (Fsp3) is 0.0769. The molecule has 0 saturated heterocycles. The van der Waals surface area contributed by atoms with Crippen LogP contribution in [0.5, 0.6) is 0 Å². The quantitative estimate of drug-likeness (QED) is 0.870. The molecule has 1 heterocycles. The number of nitrogens with one attached hydrogen (secondary N) is 1. The predicted molar refractivity (Wildman–Crippen MR) is 77.8 cm³/mol. The molecule has 0 fully saturated rings. The molecule has 1 amide bonds. The molecule has 2 rings (SSSR count). The second kappa shape index (κ2) is 5.99. The van der Waals surface area contributed by atoms with Crippen LogP contribution >= 0.6 is 27.3 Å². The topological polar surface area (TPSA) is 55.4 Å². The minimum Gasteiger partial charge on any atom is -0.465 e. The fourth-order valence-electron chi connectivity index (χ4n) is 1.49. The Balaban J connectivity index is 2.18. The molecule has 1 aromatic heterocycles. The van der Waals surface area contributed by atoms with Gasteiger partial charge in [0, 0.05) is 10.2 Å². The van der Waals surface area contributed by atoms with Gasteiger partial charge in [-0.15, -0.1) is 11.3 Å². The van der Waals surface area contributed by atoms with Gasteiger partial charge in [0.05, 0.1) is 12.7 Å². The largest absolute Gasteiger partial charge is 0.465 e. The van der Waals surface area contributed by atoms with Crippen molar-refractivity contribution in [2.24, 2.45) is 0 Å². The van der Waals surface area contributed by atoms with E-state index in [1.165, 1.54) is 18.4 Å². The molecule has 0 unspecified atom stereocenters. The zero-order chi connectivity index (χ0) is 13.8. The molecule has 6 heteroatoms. The van der Waals surface area contributed by atoms with Crippen molar-refractivity contribution in [3.8, 4) is 0 Å². The molecule has 0 aliphatic heterocycles. The zero-order valence-corrected chi connectivity index (χ0v) is 12.4. The Morgan fingerprint density at radius 2 is 2.11 bits per heavy atom. The summed E-state index contributed by atoms with van der Waals surface area (Å²) in [6, 6.07) is 8.41. The van der Waals surface area contributed by atoms with Crippen molar-refractivity contribution in [3.05, 3.63) is 50.6 Å². The second-order valence-corrected chi connectivity index (χ2v) is 5.39. The molecule has 0 spiro atoms. The number of amides is 1. The number of benzene rings is 1. The molecule has 0 radical (unpaired) electrons. The van der Waals surface area contributed by atoms with Crippen LogP contribution in [0.2, 0.25) is 0 Å². The summed E-state index contributed by atoms with van der Waals surface area (Å²) in [5.41, 5.74) is 0.943. The van der Waals surface area contributed by atoms with E-state index in [0.29, 0.717) is 16.1 Å². The summed E-state index contributed by atoms with van der Waals surface area (Å²) >= 11 is 4.65. The number of carbonyl (C=O) groups is 2. The average molecular weight is 340 g/mol. The number of methoxy groups -OCH3 is 1. The summed E-state index contributed by atoms with van der Waals surface area (Å²) in [5, 5.41) is 4.56. The number of carbonyl (C=O) groups excluding carboxylic acids is 2. The summed E-state index contributed by atoms with van der Waals surface area (Å²) < 4.78 is 5.38. The maximum Gasteiger partial charge on any atom is 0.337 e. The van der Waals surface area contributed by atoms with Gasteiger partial charge in [-0.05, 0) is 45.6 Å². The maximum absolute atomic E-state index is 12.0. The van der Waals surface area contributed by atoms with Crippen LogP contribution in [0.25, 0.3) is 0 Å². The van der Waals surface area contributed by atoms with Crippen molar-refractivity contribution in [2.75, 3.05) is 12.4 Å². The third-order valence-corrected chi connectivity index (χ3v) is 4.20. The number of hydrogen-bond acceptors (Lipinski definition) is 4. The van der Waals surface area contributed by atoms with E-state index in [0.717, 1.165) is 4.47 Å². The van der Waals surface area contributed by atoms with Crippen LogP contribution in [-0.2, 0) is 4.74 Å². The summed E-state index contributed by atoms with van der Waals surface area (Å²) in [7, 11) is 1.32. The highest BCUT2D eigenvalue weighted by Gasteiger charge is 2.12. The highest BCUT2D eigenvalue weighted by Crippen LogP contribution is 2.24. The molecular weight excluding hydrogens is 330 g/mol. The molecule has 1 N–H and O–H groups in total. The van der Waals surface area contributed by atoms with Crippen LogP contribution in [-0.4, -0.2) is 19.0 Å². The molecule has 19 heavy (non-hydrogen) atoms. The third-order valence-electron chi connectivity index (χ3n) is 2.36. The van der Waals surface area contributed by atoms with Gasteiger partial charge < -0.3 is 10.1 Å². The smallest absolute Gasteiger partial charge is 0.337 e. The molecule has 98 valence electrons. The number of anilines is 1. The monoisotopic (exact) mass is 339 g/mol. The SMILES string of the molecule is COC(=O)c1cccc(NC(=O)c2sccc2Br)c1. The van der Waals surface area contributed by atoms with Gasteiger partial charge in [-0.25, -0.2) is 4.79 Å². The van der Waals surface area contributed by atoms with E-state index < -0.39 is 5.97 Å². The van der Waals surface area contributed by atoms with Gasteiger partial charge in [0.2, 0.25) is 0 Å². The van der Waals surface area contributed by atoms with Crippen molar-refractivity contribution in [3.63, 3.8) is 0 Å². The summed E-state index contributed by atoms with van der Waals surface area (Å²) in [5.74, 6) is -0.655. The van der Waals surface area contributed by atoms with Gasteiger partial charge in [0.1, 0.15) is 4.88 Å². The lowest BCUT2D eigenvalue weighted by Crippen LogP contribution is -2.11. The first kappa shape index (κ1) is 13.8. The molecule has 0 saturated carbocycles. The Morgan fingerprint density at radius 3 is 2.74 bits per heavy atom. The van der Waals surface area contributed by atoms with E-state index >= 15 is 0 Å². The molecule has 1 aromatic carbocycles. The molecular formula is C13H10BrNO3S. The Kier molecular flexibility index (Phi) is 4.34. The van der Waals surface area contributed by atoms with Crippen LogP contribution in [0, 0.1) is 0 Å². The van der Waals surface area contributed by atoms with Crippen molar-refractivity contribution >= 4 is 44.8 Å². The van der Waals surface area contributed by atoms with Gasteiger partial charge in [-0.3, -0.25) is 4.79 Å². The van der Waals surface area contributed by atoms with Crippen LogP contribution in [0.3, 0.4) is 0 Å². The van der Waals surface area contributed by atoms with Crippen molar-refractivity contribution in [2.45, 2.75) is 0 Å². The van der Waals surface area contributed by atoms with E-state index in [1.807, 2.05) is 11.4 Å². The number of hydrogen-bond donors (Lipinski definition) is 1. The Hall–Kier alpha value is -1.66. The molecule has 2 aromatic rings. The van der Waals surface area contributed by atoms with Crippen molar-refractivity contribution in [1.82, 2.24) is 0 Å². The van der Waals surface area contributed by atoms with E-state index in [-0.39, 0.29) is 5.91 Å². The van der Waals surface area contributed by atoms with Crippen LogP contribution in [0.4, 0.5) is 5.69 Å². The molecule has 0 atom stereocenters. The highest BCUT2D eigenvalue weighted by molar-refractivity contribution is 9.10. The first-order chi connectivity index (χ1) is 9.11. The number of esters is 1. The van der Waals surface area contributed by atoms with E-state index in [2.05, 4.69) is 26.0 Å². The maximum atomic E-state index is 12.0. The van der Waals surface area contributed by atoms with E-state index in [9.17, 15) is 9.59 Å². The molecule has 4 nitrogen and oxygen atoms in total.